The molecule has 4 heteroatoms. The summed E-state index contributed by atoms with van der Waals surface area (Å²) in [7, 11) is 0. The molecule has 2 unspecified atom stereocenters. The van der Waals surface area contributed by atoms with Gasteiger partial charge in [-0.2, -0.15) is 0 Å². The van der Waals surface area contributed by atoms with Gasteiger partial charge in [-0.05, 0) is 20.8 Å². The molecule has 1 aliphatic heterocycles. The molecule has 13 heavy (non-hydrogen) atoms. The van der Waals surface area contributed by atoms with Crippen LogP contribution >= 0.6 is 0 Å². The van der Waals surface area contributed by atoms with Crippen molar-refractivity contribution in [2.24, 2.45) is 5.73 Å². The molecule has 4 nitrogen and oxygen atoms in total. The van der Waals surface area contributed by atoms with E-state index < -0.39 is 6.04 Å². The second-order valence-electron chi connectivity index (χ2n) is 3.79. The number of ether oxygens (including phenoxy) is 1. The predicted octanol–water partition coefficient (Wildman–Crippen LogP) is -0.0306. The molecule has 2 N–H and O–H groups in total. The molecule has 0 bridgehead atoms. The van der Waals surface area contributed by atoms with Crippen molar-refractivity contribution in [3.8, 4) is 0 Å². The van der Waals surface area contributed by atoms with Crippen LogP contribution in [0.4, 0.5) is 0 Å². The third-order valence-corrected chi connectivity index (χ3v) is 2.12. The Labute approximate surface area is 79.0 Å². The zero-order chi connectivity index (χ0) is 10.0. The van der Waals surface area contributed by atoms with Gasteiger partial charge in [-0.25, -0.2) is 0 Å². The lowest BCUT2D eigenvalue weighted by molar-refractivity contribution is -0.144. The van der Waals surface area contributed by atoms with Crippen LogP contribution in [0.5, 0.6) is 0 Å². The first-order valence-corrected chi connectivity index (χ1v) is 4.70. The Balaban J connectivity index is 2.55. The van der Waals surface area contributed by atoms with Gasteiger partial charge in [0, 0.05) is 13.1 Å². The van der Waals surface area contributed by atoms with Gasteiger partial charge in [0.1, 0.15) is 0 Å². The van der Waals surface area contributed by atoms with Gasteiger partial charge in [0.25, 0.3) is 0 Å². The Morgan fingerprint density at radius 1 is 1.46 bits per heavy atom. The van der Waals surface area contributed by atoms with Crippen molar-refractivity contribution >= 4 is 5.91 Å². The van der Waals surface area contributed by atoms with E-state index in [1.54, 1.807) is 11.8 Å². The molecule has 1 fully saturated rings. The Hall–Kier alpha value is -0.610. The Kier molecular flexibility index (Phi) is 3.27. The van der Waals surface area contributed by atoms with Gasteiger partial charge in [0.2, 0.25) is 5.91 Å². The molecular weight excluding hydrogens is 168 g/mol. The number of nitrogens with zero attached hydrogens (tertiary/aromatic N) is 1. The van der Waals surface area contributed by atoms with E-state index in [-0.39, 0.29) is 18.1 Å². The molecule has 76 valence electrons. The average Bonchev–Trinajstić information content (AvgIpc) is 2.01. The van der Waals surface area contributed by atoms with E-state index >= 15 is 0 Å². The second-order valence-corrected chi connectivity index (χ2v) is 3.79. The molecule has 1 rings (SSSR count). The summed E-state index contributed by atoms with van der Waals surface area (Å²) in [6, 6.07) is -0.405. The third kappa shape index (κ3) is 2.67. The Morgan fingerprint density at radius 2 is 1.92 bits per heavy atom. The highest BCUT2D eigenvalue weighted by Crippen LogP contribution is 2.11. The molecule has 0 saturated carbocycles. The zero-order valence-corrected chi connectivity index (χ0v) is 8.49. The fourth-order valence-electron chi connectivity index (χ4n) is 1.65. The largest absolute Gasteiger partial charge is 0.372 e. The minimum Gasteiger partial charge on any atom is -0.372 e. The van der Waals surface area contributed by atoms with Crippen LogP contribution in [0.2, 0.25) is 0 Å². The molecule has 0 aromatic carbocycles. The first kappa shape index (κ1) is 10.5. The summed E-state index contributed by atoms with van der Waals surface area (Å²) >= 11 is 0. The number of hydrogen-bond acceptors (Lipinski definition) is 3. The highest BCUT2D eigenvalue weighted by Gasteiger charge is 2.27. The van der Waals surface area contributed by atoms with Crippen molar-refractivity contribution < 1.29 is 9.53 Å². The molecule has 0 spiro atoms. The zero-order valence-electron chi connectivity index (χ0n) is 8.49. The minimum absolute atomic E-state index is 0.0157. The number of morpholine rings is 1. The van der Waals surface area contributed by atoms with E-state index in [1.807, 2.05) is 13.8 Å². The Bertz CT molecular complexity index is 184. The maximum Gasteiger partial charge on any atom is 0.239 e. The van der Waals surface area contributed by atoms with E-state index in [0.29, 0.717) is 13.1 Å². The lowest BCUT2D eigenvalue weighted by atomic mass is 10.2. The van der Waals surface area contributed by atoms with Gasteiger partial charge in [-0.15, -0.1) is 0 Å². The number of carbonyl (C=O) groups excluding carboxylic acids is 1. The van der Waals surface area contributed by atoms with Gasteiger partial charge in [0.15, 0.2) is 0 Å². The lowest BCUT2D eigenvalue weighted by Crippen LogP contribution is -2.52. The van der Waals surface area contributed by atoms with Crippen LogP contribution in [0, 0.1) is 0 Å². The van der Waals surface area contributed by atoms with Gasteiger partial charge >= 0.3 is 0 Å². The standard InChI is InChI=1S/C9H18N2O2/c1-6-4-11(5-7(2)13-6)9(12)8(3)10/h6-8H,4-5,10H2,1-3H3/t6?,7?,8-/m0/s1. The lowest BCUT2D eigenvalue weighted by Gasteiger charge is -2.36. The highest BCUT2D eigenvalue weighted by molar-refractivity contribution is 5.81. The van der Waals surface area contributed by atoms with E-state index in [4.69, 9.17) is 10.5 Å². The van der Waals surface area contributed by atoms with Crippen molar-refractivity contribution in [1.29, 1.82) is 0 Å². The van der Waals surface area contributed by atoms with Crippen molar-refractivity contribution in [2.45, 2.75) is 39.0 Å². The number of hydrogen-bond donors (Lipinski definition) is 1. The summed E-state index contributed by atoms with van der Waals surface area (Å²) in [4.78, 5) is 13.3. The minimum atomic E-state index is -0.405. The number of nitrogens with two attached hydrogens (primary N) is 1. The molecule has 0 aromatic rings. The van der Waals surface area contributed by atoms with Crippen LogP contribution in [0.25, 0.3) is 0 Å². The molecule has 1 saturated heterocycles. The van der Waals surface area contributed by atoms with Crippen LogP contribution in [0.15, 0.2) is 0 Å². The molecule has 0 aromatic heterocycles. The van der Waals surface area contributed by atoms with Gasteiger partial charge in [0.05, 0.1) is 18.2 Å². The van der Waals surface area contributed by atoms with E-state index in [0.717, 1.165) is 0 Å². The smallest absolute Gasteiger partial charge is 0.239 e. The van der Waals surface area contributed by atoms with E-state index in [1.165, 1.54) is 0 Å². The summed E-state index contributed by atoms with van der Waals surface area (Å²) in [5.41, 5.74) is 5.53. The van der Waals surface area contributed by atoms with Crippen LogP contribution in [-0.4, -0.2) is 42.1 Å². The van der Waals surface area contributed by atoms with E-state index in [2.05, 4.69) is 0 Å². The van der Waals surface area contributed by atoms with Crippen molar-refractivity contribution in [1.82, 2.24) is 4.90 Å². The third-order valence-electron chi connectivity index (χ3n) is 2.12. The molecule has 3 atom stereocenters. The van der Waals surface area contributed by atoms with Crippen LogP contribution in [0.1, 0.15) is 20.8 Å². The van der Waals surface area contributed by atoms with Crippen molar-refractivity contribution in [2.75, 3.05) is 13.1 Å². The molecule has 1 aliphatic rings. The summed E-state index contributed by atoms with van der Waals surface area (Å²) < 4.78 is 5.51. The first-order valence-electron chi connectivity index (χ1n) is 4.70. The number of carbonyl (C=O) groups is 1. The fourth-order valence-corrected chi connectivity index (χ4v) is 1.65. The van der Waals surface area contributed by atoms with Gasteiger partial charge in [-0.3, -0.25) is 4.79 Å². The van der Waals surface area contributed by atoms with Gasteiger partial charge < -0.3 is 15.4 Å². The van der Waals surface area contributed by atoms with Crippen LogP contribution in [0.3, 0.4) is 0 Å². The maximum absolute atomic E-state index is 11.5. The van der Waals surface area contributed by atoms with Crippen molar-refractivity contribution in [3.63, 3.8) is 0 Å². The van der Waals surface area contributed by atoms with Crippen LogP contribution in [-0.2, 0) is 9.53 Å². The molecule has 1 heterocycles. The summed E-state index contributed by atoms with van der Waals surface area (Å²) in [5, 5.41) is 0. The number of amides is 1. The fraction of sp³-hybridized carbons (Fsp3) is 0.889. The highest BCUT2D eigenvalue weighted by atomic mass is 16.5. The normalized spacial score (nSPS) is 31.5. The first-order chi connectivity index (χ1) is 6.00. The van der Waals surface area contributed by atoms with Crippen molar-refractivity contribution in [3.05, 3.63) is 0 Å². The topological polar surface area (TPSA) is 55.6 Å². The summed E-state index contributed by atoms with van der Waals surface area (Å²) in [6.45, 7) is 6.97. The predicted molar refractivity (Wildman–Crippen MR) is 50.2 cm³/mol. The molecular formula is C9H18N2O2. The van der Waals surface area contributed by atoms with E-state index in [9.17, 15) is 4.79 Å². The second kappa shape index (κ2) is 4.07. The summed E-state index contributed by atoms with van der Waals surface area (Å²) in [5.74, 6) is 0.0157. The monoisotopic (exact) mass is 186 g/mol. The summed E-state index contributed by atoms with van der Waals surface area (Å²) in [6.07, 6.45) is 0.234. The maximum atomic E-state index is 11.5. The van der Waals surface area contributed by atoms with Crippen LogP contribution < -0.4 is 5.73 Å². The molecule has 1 amide bonds. The molecule has 0 radical (unpaired) electrons. The van der Waals surface area contributed by atoms with Gasteiger partial charge in [-0.1, -0.05) is 0 Å². The quantitative estimate of drug-likeness (QED) is 0.625. The SMILES string of the molecule is CC1CN(C(=O)[C@H](C)N)CC(C)O1. The number of rotatable bonds is 1. The Morgan fingerprint density at radius 3 is 2.31 bits per heavy atom. The molecule has 0 aliphatic carbocycles. The average molecular weight is 186 g/mol.